The van der Waals surface area contributed by atoms with E-state index in [2.05, 4.69) is 25.8 Å². The summed E-state index contributed by atoms with van der Waals surface area (Å²) in [5.41, 5.74) is 6.96. The van der Waals surface area contributed by atoms with Crippen molar-refractivity contribution >= 4 is 0 Å². The van der Waals surface area contributed by atoms with E-state index >= 15 is 0 Å². The number of methoxy groups -OCH3 is 3. The summed E-state index contributed by atoms with van der Waals surface area (Å²) in [6, 6.07) is 4.21. The molecule has 0 heterocycles. The SMILES string of the molecule is COc1cc(OC)c(C(CN)N(C)C(C)C)cc1OC. The van der Waals surface area contributed by atoms with Gasteiger partial charge < -0.3 is 19.9 Å². The van der Waals surface area contributed by atoms with Crippen molar-refractivity contribution in [3.63, 3.8) is 0 Å². The number of likely N-dealkylation sites (N-methyl/N-ethyl adjacent to an activating group) is 1. The molecule has 114 valence electrons. The van der Waals surface area contributed by atoms with Crippen molar-refractivity contribution in [1.29, 1.82) is 0 Å². The number of nitrogens with zero attached hydrogens (tertiary/aromatic N) is 1. The molecule has 0 saturated carbocycles. The van der Waals surface area contributed by atoms with Gasteiger partial charge >= 0.3 is 0 Å². The van der Waals surface area contributed by atoms with Crippen LogP contribution in [0.1, 0.15) is 25.5 Å². The molecule has 1 unspecified atom stereocenters. The van der Waals surface area contributed by atoms with Gasteiger partial charge in [0.1, 0.15) is 5.75 Å². The summed E-state index contributed by atoms with van der Waals surface area (Å²) in [5, 5.41) is 0. The molecule has 0 bridgehead atoms. The van der Waals surface area contributed by atoms with Crippen molar-refractivity contribution in [3.05, 3.63) is 17.7 Å². The molecule has 0 aliphatic rings. The zero-order chi connectivity index (χ0) is 15.3. The molecule has 1 rings (SSSR count). The summed E-state index contributed by atoms with van der Waals surface area (Å²) in [6.07, 6.45) is 0. The maximum atomic E-state index is 5.96. The number of benzene rings is 1. The molecule has 5 nitrogen and oxygen atoms in total. The van der Waals surface area contributed by atoms with Crippen LogP contribution >= 0.6 is 0 Å². The highest BCUT2D eigenvalue weighted by Crippen LogP contribution is 2.38. The van der Waals surface area contributed by atoms with E-state index in [1.165, 1.54) is 0 Å². The summed E-state index contributed by atoms with van der Waals surface area (Å²) >= 11 is 0. The third-order valence-electron chi connectivity index (χ3n) is 3.62. The molecular weight excluding hydrogens is 256 g/mol. The van der Waals surface area contributed by atoms with Crippen LogP contribution in [0.3, 0.4) is 0 Å². The second-order valence-corrected chi connectivity index (χ2v) is 4.96. The molecule has 0 fully saturated rings. The normalized spacial score (nSPS) is 12.7. The molecule has 0 amide bonds. The fourth-order valence-corrected chi connectivity index (χ4v) is 2.19. The van der Waals surface area contributed by atoms with Gasteiger partial charge in [-0.25, -0.2) is 0 Å². The number of ether oxygens (including phenoxy) is 3. The first-order chi connectivity index (χ1) is 9.49. The largest absolute Gasteiger partial charge is 0.496 e. The van der Waals surface area contributed by atoms with Crippen LogP contribution in [0.15, 0.2) is 12.1 Å². The average Bonchev–Trinajstić information content (AvgIpc) is 2.46. The third kappa shape index (κ3) is 3.35. The first kappa shape index (κ1) is 16.6. The highest BCUT2D eigenvalue weighted by atomic mass is 16.5. The lowest BCUT2D eigenvalue weighted by Gasteiger charge is -2.32. The lowest BCUT2D eigenvalue weighted by molar-refractivity contribution is 0.196. The molecule has 1 atom stereocenters. The van der Waals surface area contributed by atoms with Gasteiger partial charge in [0.25, 0.3) is 0 Å². The van der Waals surface area contributed by atoms with Crippen molar-refractivity contribution in [2.45, 2.75) is 25.9 Å². The number of hydrogen-bond acceptors (Lipinski definition) is 5. The fourth-order valence-electron chi connectivity index (χ4n) is 2.19. The Balaban J connectivity index is 3.33. The van der Waals surface area contributed by atoms with E-state index in [4.69, 9.17) is 19.9 Å². The predicted octanol–water partition coefficient (Wildman–Crippen LogP) is 2.05. The predicted molar refractivity (Wildman–Crippen MR) is 80.8 cm³/mol. The van der Waals surface area contributed by atoms with Crippen LogP contribution in [0.25, 0.3) is 0 Å². The summed E-state index contributed by atoms with van der Waals surface area (Å²) in [4.78, 5) is 2.21. The van der Waals surface area contributed by atoms with Gasteiger partial charge in [0.15, 0.2) is 11.5 Å². The summed E-state index contributed by atoms with van der Waals surface area (Å²) < 4.78 is 16.2. The lowest BCUT2D eigenvalue weighted by Crippen LogP contribution is -2.35. The fraction of sp³-hybridized carbons (Fsp3) is 0.600. The maximum Gasteiger partial charge on any atom is 0.164 e. The Bertz CT molecular complexity index is 435. The molecule has 0 aromatic heterocycles. The van der Waals surface area contributed by atoms with E-state index in [1.54, 1.807) is 21.3 Å². The van der Waals surface area contributed by atoms with E-state index in [0.717, 1.165) is 11.3 Å². The number of hydrogen-bond donors (Lipinski definition) is 1. The van der Waals surface area contributed by atoms with E-state index in [-0.39, 0.29) is 6.04 Å². The van der Waals surface area contributed by atoms with Crippen molar-refractivity contribution in [2.75, 3.05) is 34.9 Å². The average molecular weight is 282 g/mol. The van der Waals surface area contributed by atoms with Gasteiger partial charge in [-0.2, -0.15) is 0 Å². The number of nitrogens with two attached hydrogens (primary N) is 1. The van der Waals surface area contributed by atoms with Gasteiger partial charge in [0, 0.05) is 24.2 Å². The standard InChI is InChI=1S/C15H26N2O3/c1-10(2)17(3)12(9-16)11-7-14(19-5)15(20-6)8-13(11)18-4/h7-8,10,12H,9,16H2,1-6H3. The lowest BCUT2D eigenvalue weighted by atomic mass is 10.0. The van der Waals surface area contributed by atoms with Crippen molar-refractivity contribution < 1.29 is 14.2 Å². The molecule has 0 saturated heterocycles. The van der Waals surface area contributed by atoms with Gasteiger partial charge in [0.2, 0.25) is 0 Å². The monoisotopic (exact) mass is 282 g/mol. The molecule has 0 radical (unpaired) electrons. The highest BCUT2D eigenvalue weighted by Gasteiger charge is 2.23. The minimum atomic E-state index is 0.0600. The summed E-state index contributed by atoms with van der Waals surface area (Å²) in [6.45, 7) is 4.77. The molecule has 5 heteroatoms. The minimum Gasteiger partial charge on any atom is -0.496 e. The topological polar surface area (TPSA) is 57.0 Å². The van der Waals surface area contributed by atoms with Crippen molar-refractivity contribution in [1.82, 2.24) is 4.90 Å². The Kier molecular flexibility index (Phi) is 6.10. The van der Waals surface area contributed by atoms with Crippen molar-refractivity contribution in [3.8, 4) is 17.2 Å². The Morgan fingerprint density at radius 3 is 1.90 bits per heavy atom. The highest BCUT2D eigenvalue weighted by molar-refractivity contribution is 5.52. The van der Waals surface area contributed by atoms with Gasteiger partial charge in [-0.15, -0.1) is 0 Å². The Hall–Kier alpha value is -1.46. The minimum absolute atomic E-state index is 0.0600. The van der Waals surface area contributed by atoms with Gasteiger partial charge in [-0.1, -0.05) is 0 Å². The molecule has 2 N–H and O–H groups in total. The molecule has 20 heavy (non-hydrogen) atoms. The van der Waals surface area contributed by atoms with Crippen LogP contribution < -0.4 is 19.9 Å². The Labute approximate surface area is 121 Å². The molecule has 0 spiro atoms. The second kappa shape index (κ2) is 7.36. The van der Waals surface area contributed by atoms with Gasteiger partial charge in [-0.05, 0) is 27.0 Å². The summed E-state index contributed by atoms with van der Waals surface area (Å²) in [7, 11) is 6.93. The van der Waals surface area contributed by atoms with Crippen LogP contribution in [-0.4, -0.2) is 45.9 Å². The first-order valence-electron chi connectivity index (χ1n) is 6.72. The van der Waals surface area contributed by atoms with E-state index in [0.29, 0.717) is 24.1 Å². The Morgan fingerprint density at radius 2 is 1.50 bits per heavy atom. The number of rotatable bonds is 7. The van der Waals surface area contributed by atoms with Gasteiger partial charge in [0.05, 0.1) is 27.4 Å². The molecule has 1 aromatic rings. The summed E-state index contributed by atoms with van der Waals surface area (Å²) in [5.74, 6) is 2.08. The Morgan fingerprint density at radius 1 is 1.00 bits per heavy atom. The van der Waals surface area contributed by atoms with Gasteiger partial charge in [-0.3, -0.25) is 4.90 Å². The van der Waals surface area contributed by atoms with Crippen molar-refractivity contribution in [2.24, 2.45) is 5.73 Å². The van der Waals surface area contributed by atoms with E-state index in [1.807, 2.05) is 12.1 Å². The van der Waals surface area contributed by atoms with Crippen LogP contribution in [-0.2, 0) is 0 Å². The van der Waals surface area contributed by atoms with E-state index < -0.39 is 0 Å². The third-order valence-corrected chi connectivity index (χ3v) is 3.62. The molecule has 1 aromatic carbocycles. The van der Waals surface area contributed by atoms with Crippen LogP contribution in [0, 0.1) is 0 Å². The molecule has 0 aliphatic heterocycles. The maximum absolute atomic E-state index is 5.96. The van der Waals surface area contributed by atoms with Crippen LogP contribution in [0.5, 0.6) is 17.2 Å². The van der Waals surface area contributed by atoms with Crippen LogP contribution in [0.2, 0.25) is 0 Å². The first-order valence-corrected chi connectivity index (χ1v) is 6.72. The zero-order valence-electron chi connectivity index (χ0n) is 13.3. The van der Waals surface area contributed by atoms with Crippen LogP contribution in [0.4, 0.5) is 0 Å². The van der Waals surface area contributed by atoms with E-state index in [9.17, 15) is 0 Å². The quantitative estimate of drug-likeness (QED) is 0.829. The molecular formula is C15H26N2O3. The zero-order valence-corrected chi connectivity index (χ0v) is 13.3. The molecule has 0 aliphatic carbocycles. The smallest absolute Gasteiger partial charge is 0.164 e. The second-order valence-electron chi connectivity index (χ2n) is 4.96.